The first-order valence-corrected chi connectivity index (χ1v) is 12.2. The molecule has 0 amide bonds. The maximum Gasteiger partial charge on any atom is 0.244 e. The number of pyridine rings is 1. The average molecular weight is 452 g/mol. The molecule has 1 atom stereocenters. The molecule has 0 spiro atoms. The number of thioether (sulfide) groups is 1. The summed E-state index contributed by atoms with van der Waals surface area (Å²) in [5, 5.41) is 12.2. The van der Waals surface area contributed by atoms with Crippen molar-refractivity contribution in [3.05, 3.63) is 34.4 Å². The van der Waals surface area contributed by atoms with E-state index in [0.717, 1.165) is 5.69 Å². The van der Waals surface area contributed by atoms with E-state index < -0.39 is 15.9 Å². The van der Waals surface area contributed by atoms with E-state index in [0.29, 0.717) is 36.2 Å². The Kier molecular flexibility index (Phi) is 7.02. The summed E-state index contributed by atoms with van der Waals surface area (Å²) in [6, 6.07) is 5.12. The topological polar surface area (TPSA) is 107 Å². The van der Waals surface area contributed by atoms with Gasteiger partial charge < -0.3 is 4.90 Å². The van der Waals surface area contributed by atoms with Crippen LogP contribution in [0, 0.1) is 18.3 Å². The molecular formula is C18H21N5O3S3. The van der Waals surface area contributed by atoms with Crippen molar-refractivity contribution in [1.29, 1.82) is 5.26 Å². The van der Waals surface area contributed by atoms with Crippen molar-refractivity contribution in [2.24, 2.45) is 0 Å². The summed E-state index contributed by atoms with van der Waals surface area (Å²) in [7, 11) is -1.60. The normalized spacial score (nSPS) is 17.0. The van der Waals surface area contributed by atoms with Gasteiger partial charge in [0.25, 0.3) is 0 Å². The number of hydrogen-bond acceptors (Lipinski definition) is 9. The lowest BCUT2D eigenvalue weighted by atomic mass is 10.1. The number of nitrogens with zero attached hydrogens (tertiary/aromatic N) is 5. The van der Waals surface area contributed by atoms with Gasteiger partial charge in [0.05, 0.1) is 16.8 Å². The van der Waals surface area contributed by atoms with E-state index in [2.05, 4.69) is 14.9 Å². The number of rotatable bonds is 7. The van der Waals surface area contributed by atoms with Crippen LogP contribution >= 0.6 is 23.1 Å². The van der Waals surface area contributed by atoms with Crippen LogP contribution in [0.5, 0.6) is 0 Å². The number of carbonyl (C=O) groups excluding carboxylic acids is 1. The second-order valence-corrected chi connectivity index (χ2v) is 10.5. The number of aryl methyl sites for hydroxylation is 1. The number of Topliss-reactive ketones (excluding diaryl/α,β-unsaturated/α-hetero) is 1. The fourth-order valence-electron chi connectivity index (χ4n) is 2.78. The SMILES string of the molecule is Cc1csc(C(C#N)C(=O)CSc2ccc(S(=O)(=O)N3CCN(C)CC3)cn2)n1. The van der Waals surface area contributed by atoms with Gasteiger partial charge in [-0.25, -0.2) is 18.4 Å². The predicted molar refractivity (Wildman–Crippen MR) is 111 cm³/mol. The Hall–Kier alpha value is -1.84. The molecule has 0 aliphatic carbocycles. The minimum Gasteiger partial charge on any atom is -0.304 e. The maximum absolute atomic E-state index is 12.7. The Balaban J connectivity index is 1.62. The molecule has 154 valence electrons. The number of hydrogen-bond donors (Lipinski definition) is 0. The highest BCUT2D eigenvalue weighted by molar-refractivity contribution is 7.99. The monoisotopic (exact) mass is 451 g/mol. The third-order valence-electron chi connectivity index (χ3n) is 4.51. The van der Waals surface area contributed by atoms with Crippen LogP contribution in [0.4, 0.5) is 0 Å². The van der Waals surface area contributed by atoms with Gasteiger partial charge in [0, 0.05) is 43.4 Å². The lowest BCUT2D eigenvalue weighted by Gasteiger charge is -2.31. The van der Waals surface area contributed by atoms with E-state index in [9.17, 15) is 18.5 Å². The molecule has 0 N–H and O–H groups in total. The quantitative estimate of drug-likeness (QED) is 0.586. The standard InChI is InChI=1S/C18H21N5O3S3/c1-13-11-28-18(21-13)15(9-19)16(24)12-27-17-4-3-14(10-20-17)29(25,26)23-7-5-22(2)6-8-23/h3-4,10-11,15H,5-8,12H2,1-2H3. The zero-order valence-electron chi connectivity index (χ0n) is 16.1. The predicted octanol–water partition coefficient (Wildman–Crippen LogP) is 1.75. The van der Waals surface area contributed by atoms with Crippen LogP contribution in [-0.2, 0) is 14.8 Å². The number of aromatic nitrogens is 2. The number of sulfonamides is 1. The average Bonchev–Trinajstić information content (AvgIpc) is 3.13. The summed E-state index contributed by atoms with van der Waals surface area (Å²) in [6.45, 7) is 4.11. The van der Waals surface area contributed by atoms with E-state index >= 15 is 0 Å². The van der Waals surface area contributed by atoms with E-state index in [1.54, 1.807) is 11.4 Å². The third kappa shape index (κ3) is 5.21. The van der Waals surface area contributed by atoms with Gasteiger partial charge in [-0.05, 0) is 26.1 Å². The van der Waals surface area contributed by atoms with Crippen molar-refractivity contribution >= 4 is 38.9 Å². The zero-order valence-corrected chi connectivity index (χ0v) is 18.6. The molecular weight excluding hydrogens is 430 g/mol. The van der Waals surface area contributed by atoms with Crippen molar-refractivity contribution in [2.75, 3.05) is 39.0 Å². The molecule has 0 radical (unpaired) electrons. The molecule has 2 aromatic rings. The Labute approximate surface area is 178 Å². The second-order valence-electron chi connectivity index (χ2n) is 6.68. The molecule has 0 aromatic carbocycles. The molecule has 1 unspecified atom stereocenters. The van der Waals surface area contributed by atoms with Gasteiger partial charge >= 0.3 is 0 Å². The van der Waals surface area contributed by atoms with E-state index in [-0.39, 0.29) is 16.4 Å². The van der Waals surface area contributed by atoms with Gasteiger partial charge in [0.2, 0.25) is 10.0 Å². The third-order valence-corrected chi connectivity index (χ3v) is 8.38. The zero-order chi connectivity index (χ0) is 21.0. The molecule has 0 bridgehead atoms. The van der Waals surface area contributed by atoms with Crippen LogP contribution in [0.25, 0.3) is 0 Å². The van der Waals surface area contributed by atoms with Crippen LogP contribution in [0.1, 0.15) is 16.6 Å². The first-order valence-electron chi connectivity index (χ1n) is 8.93. The van der Waals surface area contributed by atoms with Crippen LogP contribution < -0.4 is 0 Å². The number of piperazine rings is 1. The molecule has 1 saturated heterocycles. The van der Waals surface area contributed by atoms with Gasteiger partial charge in [-0.3, -0.25) is 4.79 Å². The highest BCUT2D eigenvalue weighted by atomic mass is 32.2. The summed E-state index contributed by atoms with van der Waals surface area (Å²) in [5.41, 5.74) is 0.782. The Morgan fingerprint density at radius 3 is 2.62 bits per heavy atom. The first-order chi connectivity index (χ1) is 13.8. The molecule has 11 heteroatoms. The minimum atomic E-state index is -3.57. The molecule has 8 nitrogen and oxygen atoms in total. The van der Waals surface area contributed by atoms with E-state index in [1.165, 1.54) is 39.7 Å². The fourth-order valence-corrected chi connectivity index (χ4v) is 5.76. The lowest BCUT2D eigenvalue weighted by Crippen LogP contribution is -2.47. The van der Waals surface area contributed by atoms with Crippen LogP contribution in [0.2, 0.25) is 0 Å². The van der Waals surface area contributed by atoms with E-state index in [1.807, 2.05) is 20.0 Å². The molecule has 1 aliphatic rings. The highest BCUT2D eigenvalue weighted by Gasteiger charge is 2.28. The van der Waals surface area contributed by atoms with Gasteiger partial charge in [-0.2, -0.15) is 9.57 Å². The van der Waals surface area contributed by atoms with Crippen molar-refractivity contribution in [3.63, 3.8) is 0 Å². The van der Waals surface area contributed by atoms with Crippen LogP contribution in [0.15, 0.2) is 33.6 Å². The minimum absolute atomic E-state index is 0.0639. The van der Waals surface area contributed by atoms with Gasteiger partial charge in [-0.15, -0.1) is 11.3 Å². The van der Waals surface area contributed by atoms with Crippen molar-refractivity contribution in [3.8, 4) is 6.07 Å². The lowest BCUT2D eigenvalue weighted by molar-refractivity contribution is -0.116. The highest BCUT2D eigenvalue weighted by Crippen LogP contribution is 2.25. The summed E-state index contributed by atoms with van der Waals surface area (Å²) < 4.78 is 26.9. The number of thiazole rings is 1. The number of nitriles is 1. The molecule has 0 saturated carbocycles. The van der Waals surface area contributed by atoms with Crippen molar-refractivity contribution in [2.45, 2.75) is 22.8 Å². The summed E-state index contributed by atoms with van der Waals surface area (Å²) in [4.78, 5) is 23.0. The van der Waals surface area contributed by atoms with Crippen molar-refractivity contribution in [1.82, 2.24) is 19.2 Å². The Morgan fingerprint density at radius 1 is 1.34 bits per heavy atom. The van der Waals surface area contributed by atoms with E-state index in [4.69, 9.17) is 0 Å². The number of ketones is 1. The molecule has 3 rings (SSSR count). The second kappa shape index (κ2) is 9.32. The molecule has 1 aliphatic heterocycles. The largest absolute Gasteiger partial charge is 0.304 e. The smallest absolute Gasteiger partial charge is 0.244 e. The summed E-state index contributed by atoms with van der Waals surface area (Å²) >= 11 is 2.48. The maximum atomic E-state index is 12.7. The van der Waals surface area contributed by atoms with Crippen LogP contribution in [0.3, 0.4) is 0 Å². The summed E-state index contributed by atoms with van der Waals surface area (Å²) in [6.07, 6.45) is 1.33. The molecule has 29 heavy (non-hydrogen) atoms. The fraction of sp³-hybridized carbons (Fsp3) is 0.444. The summed E-state index contributed by atoms with van der Waals surface area (Å²) in [5.74, 6) is -1.07. The van der Waals surface area contributed by atoms with Gasteiger partial charge in [0.1, 0.15) is 9.90 Å². The van der Waals surface area contributed by atoms with Gasteiger partial charge in [-0.1, -0.05) is 11.8 Å². The molecule has 2 aromatic heterocycles. The van der Waals surface area contributed by atoms with Crippen molar-refractivity contribution < 1.29 is 13.2 Å². The van der Waals surface area contributed by atoms with Crippen LogP contribution in [-0.4, -0.2) is 72.4 Å². The molecule has 3 heterocycles. The number of carbonyl (C=O) groups is 1. The molecule has 1 fully saturated rings. The number of likely N-dealkylation sites (N-methyl/N-ethyl adjacent to an activating group) is 1. The first kappa shape index (κ1) is 21.9. The Bertz CT molecular complexity index is 1010. The Morgan fingerprint density at radius 2 is 2.07 bits per heavy atom. The van der Waals surface area contributed by atoms with Gasteiger partial charge in [0.15, 0.2) is 11.7 Å².